The fraction of sp³-hybridized carbons (Fsp3) is 0.400. The SMILES string of the molecule is O=C(O)c1ccn(C2C=CCCC2)n1. The molecule has 74 valence electrons. The van der Waals surface area contributed by atoms with Gasteiger partial charge in [0.1, 0.15) is 0 Å². The van der Waals surface area contributed by atoms with Gasteiger partial charge in [-0.2, -0.15) is 5.10 Å². The molecule has 4 heteroatoms. The zero-order valence-electron chi connectivity index (χ0n) is 7.76. The van der Waals surface area contributed by atoms with Gasteiger partial charge in [-0.25, -0.2) is 4.79 Å². The van der Waals surface area contributed by atoms with Crippen LogP contribution in [0.5, 0.6) is 0 Å². The number of carboxylic acid groups (broad SMARTS) is 1. The summed E-state index contributed by atoms with van der Waals surface area (Å²) in [5, 5.41) is 12.7. The normalized spacial score (nSPS) is 21.0. The molecule has 4 nitrogen and oxygen atoms in total. The number of allylic oxidation sites excluding steroid dienone is 2. The van der Waals surface area contributed by atoms with Gasteiger partial charge in [0.2, 0.25) is 0 Å². The standard InChI is InChI=1S/C10H12N2O2/c13-10(14)9-6-7-12(11-9)8-4-2-1-3-5-8/h2,4,6-8H,1,3,5H2,(H,13,14). The maximum atomic E-state index is 10.6. The van der Waals surface area contributed by atoms with Crippen LogP contribution in [-0.4, -0.2) is 20.9 Å². The average Bonchev–Trinajstić information content (AvgIpc) is 2.68. The van der Waals surface area contributed by atoms with Gasteiger partial charge in [-0.1, -0.05) is 12.2 Å². The highest BCUT2D eigenvalue weighted by Gasteiger charge is 2.13. The molecule has 0 fully saturated rings. The first-order valence-electron chi connectivity index (χ1n) is 4.72. The summed E-state index contributed by atoms with van der Waals surface area (Å²) in [6, 6.07) is 1.77. The molecular formula is C10H12N2O2. The van der Waals surface area contributed by atoms with E-state index in [9.17, 15) is 4.79 Å². The minimum absolute atomic E-state index is 0.115. The maximum Gasteiger partial charge on any atom is 0.356 e. The lowest BCUT2D eigenvalue weighted by Crippen LogP contribution is -2.10. The van der Waals surface area contributed by atoms with Crippen molar-refractivity contribution in [1.29, 1.82) is 0 Å². The molecule has 0 saturated carbocycles. The molecule has 1 aromatic heterocycles. The maximum absolute atomic E-state index is 10.6. The van der Waals surface area contributed by atoms with Crippen molar-refractivity contribution < 1.29 is 9.90 Å². The van der Waals surface area contributed by atoms with Gasteiger partial charge in [0, 0.05) is 6.20 Å². The Morgan fingerprint density at radius 1 is 1.64 bits per heavy atom. The third-order valence-corrected chi connectivity index (χ3v) is 2.40. The topological polar surface area (TPSA) is 55.1 Å². The third-order valence-electron chi connectivity index (χ3n) is 2.40. The first-order valence-corrected chi connectivity index (χ1v) is 4.72. The monoisotopic (exact) mass is 192 g/mol. The van der Waals surface area contributed by atoms with E-state index in [1.165, 1.54) is 6.07 Å². The molecule has 0 bridgehead atoms. The predicted molar refractivity (Wildman–Crippen MR) is 51.2 cm³/mol. The second-order valence-corrected chi connectivity index (χ2v) is 3.41. The summed E-state index contributed by atoms with van der Waals surface area (Å²) in [5.74, 6) is -0.969. The summed E-state index contributed by atoms with van der Waals surface area (Å²) in [4.78, 5) is 10.6. The smallest absolute Gasteiger partial charge is 0.356 e. The number of nitrogens with zero attached hydrogens (tertiary/aromatic N) is 2. The summed E-state index contributed by atoms with van der Waals surface area (Å²) < 4.78 is 1.72. The number of rotatable bonds is 2. The van der Waals surface area contributed by atoms with E-state index < -0.39 is 5.97 Å². The van der Waals surface area contributed by atoms with Crippen LogP contribution < -0.4 is 0 Å². The van der Waals surface area contributed by atoms with Crippen molar-refractivity contribution in [2.24, 2.45) is 0 Å². The van der Waals surface area contributed by atoms with Crippen molar-refractivity contribution in [3.8, 4) is 0 Å². The van der Waals surface area contributed by atoms with Crippen molar-refractivity contribution in [2.45, 2.75) is 25.3 Å². The Hall–Kier alpha value is -1.58. The van der Waals surface area contributed by atoms with Crippen molar-refractivity contribution >= 4 is 5.97 Å². The van der Waals surface area contributed by atoms with E-state index in [1.54, 1.807) is 10.9 Å². The van der Waals surface area contributed by atoms with Crippen LogP contribution in [0.3, 0.4) is 0 Å². The molecule has 0 spiro atoms. The van der Waals surface area contributed by atoms with Crippen LogP contribution in [0.4, 0.5) is 0 Å². The highest BCUT2D eigenvalue weighted by molar-refractivity contribution is 5.85. The van der Waals surface area contributed by atoms with Crippen LogP contribution in [0.1, 0.15) is 35.8 Å². The number of carboxylic acids is 1. The molecule has 1 aliphatic carbocycles. The number of hydrogen-bond donors (Lipinski definition) is 1. The second-order valence-electron chi connectivity index (χ2n) is 3.41. The molecule has 2 rings (SSSR count). The van der Waals surface area contributed by atoms with Gasteiger partial charge in [0.25, 0.3) is 0 Å². The average molecular weight is 192 g/mol. The number of hydrogen-bond acceptors (Lipinski definition) is 2. The van der Waals surface area contributed by atoms with E-state index in [0.717, 1.165) is 19.3 Å². The molecule has 14 heavy (non-hydrogen) atoms. The van der Waals surface area contributed by atoms with Gasteiger partial charge in [-0.3, -0.25) is 4.68 Å². The van der Waals surface area contributed by atoms with Gasteiger partial charge in [0.05, 0.1) is 6.04 Å². The minimum atomic E-state index is -0.969. The van der Waals surface area contributed by atoms with Crippen LogP contribution in [0.25, 0.3) is 0 Å². The van der Waals surface area contributed by atoms with Crippen LogP contribution in [0, 0.1) is 0 Å². The fourth-order valence-electron chi connectivity index (χ4n) is 1.65. The quantitative estimate of drug-likeness (QED) is 0.727. The predicted octanol–water partition coefficient (Wildman–Crippen LogP) is 1.86. The van der Waals surface area contributed by atoms with Gasteiger partial charge in [-0.05, 0) is 25.3 Å². The van der Waals surface area contributed by atoms with E-state index in [0.29, 0.717) is 0 Å². The zero-order chi connectivity index (χ0) is 9.97. The summed E-state index contributed by atoms with van der Waals surface area (Å²) in [7, 11) is 0. The Balaban J connectivity index is 2.19. The van der Waals surface area contributed by atoms with E-state index in [4.69, 9.17) is 5.11 Å². The molecular weight excluding hydrogens is 180 g/mol. The van der Waals surface area contributed by atoms with Gasteiger partial charge in [-0.15, -0.1) is 0 Å². The number of carbonyl (C=O) groups is 1. The summed E-state index contributed by atoms with van der Waals surface area (Å²) in [6.07, 6.45) is 9.23. The lowest BCUT2D eigenvalue weighted by atomic mass is 10.0. The van der Waals surface area contributed by atoms with Crippen molar-refractivity contribution in [3.05, 3.63) is 30.1 Å². The Labute approximate surface area is 81.9 Å². The number of aromatic nitrogens is 2. The molecule has 1 heterocycles. The van der Waals surface area contributed by atoms with E-state index in [2.05, 4.69) is 17.3 Å². The largest absolute Gasteiger partial charge is 0.476 e. The van der Waals surface area contributed by atoms with Crippen LogP contribution >= 0.6 is 0 Å². The fourth-order valence-corrected chi connectivity index (χ4v) is 1.65. The van der Waals surface area contributed by atoms with Gasteiger partial charge in [0.15, 0.2) is 5.69 Å². The Morgan fingerprint density at radius 2 is 2.50 bits per heavy atom. The molecule has 0 radical (unpaired) electrons. The Kier molecular flexibility index (Phi) is 2.35. The molecule has 1 N–H and O–H groups in total. The highest BCUT2D eigenvalue weighted by Crippen LogP contribution is 2.21. The van der Waals surface area contributed by atoms with Gasteiger partial charge < -0.3 is 5.11 Å². The first-order chi connectivity index (χ1) is 6.77. The molecule has 1 atom stereocenters. The van der Waals surface area contributed by atoms with Gasteiger partial charge >= 0.3 is 5.97 Å². The third kappa shape index (κ3) is 1.69. The van der Waals surface area contributed by atoms with Crippen LogP contribution in [-0.2, 0) is 0 Å². The zero-order valence-corrected chi connectivity index (χ0v) is 7.76. The number of aromatic carboxylic acids is 1. The summed E-state index contributed by atoms with van der Waals surface area (Å²) in [5.41, 5.74) is 0.115. The molecule has 1 unspecified atom stereocenters. The molecule has 1 aromatic rings. The second kappa shape index (κ2) is 3.65. The van der Waals surface area contributed by atoms with Crippen molar-refractivity contribution in [1.82, 2.24) is 9.78 Å². The lowest BCUT2D eigenvalue weighted by Gasteiger charge is -2.16. The lowest BCUT2D eigenvalue weighted by molar-refractivity contribution is 0.0689. The summed E-state index contributed by atoms with van der Waals surface area (Å²) >= 11 is 0. The minimum Gasteiger partial charge on any atom is -0.476 e. The van der Waals surface area contributed by atoms with E-state index in [1.807, 2.05) is 0 Å². The van der Waals surface area contributed by atoms with E-state index in [-0.39, 0.29) is 11.7 Å². The molecule has 1 aliphatic rings. The van der Waals surface area contributed by atoms with E-state index >= 15 is 0 Å². The molecule has 0 amide bonds. The van der Waals surface area contributed by atoms with Crippen molar-refractivity contribution in [2.75, 3.05) is 0 Å². The molecule has 0 saturated heterocycles. The molecule has 0 aromatic carbocycles. The van der Waals surface area contributed by atoms with Crippen LogP contribution in [0.15, 0.2) is 24.4 Å². The Bertz CT molecular complexity index is 368. The Morgan fingerprint density at radius 3 is 3.07 bits per heavy atom. The first kappa shape index (κ1) is 8.99. The summed E-state index contributed by atoms with van der Waals surface area (Å²) in [6.45, 7) is 0. The van der Waals surface area contributed by atoms with Crippen LogP contribution in [0.2, 0.25) is 0 Å². The molecule has 0 aliphatic heterocycles. The van der Waals surface area contributed by atoms with Crippen molar-refractivity contribution in [3.63, 3.8) is 0 Å². The highest BCUT2D eigenvalue weighted by atomic mass is 16.4.